The molecular formula is C19H20N4O2. The molecule has 0 spiro atoms. The summed E-state index contributed by atoms with van der Waals surface area (Å²) in [5, 5.41) is 5.56. The normalized spacial score (nSPS) is 10.6. The number of benzene rings is 2. The Morgan fingerprint density at radius 3 is 2.48 bits per heavy atom. The van der Waals surface area contributed by atoms with Crippen LogP contribution in [0.5, 0.6) is 0 Å². The van der Waals surface area contributed by atoms with Crippen LogP contribution < -0.4 is 10.6 Å². The molecule has 25 heavy (non-hydrogen) atoms. The Hall–Kier alpha value is -3.15. The third kappa shape index (κ3) is 4.91. The van der Waals surface area contributed by atoms with Gasteiger partial charge in [0, 0.05) is 13.0 Å². The van der Waals surface area contributed by atoms with Crippen LogP contribution in [0.1, 0.15) is 17.8 Å². The maximum atomic E-state index is 11.9. The third-order valence-corrected chi connectivity index (χ3v) is 3.77. The summed E-state index contributed by atoms with van der Waals surface area (Å²) >= 11 is 0. The van der Waals surface area contributed by atoms with Crippen LogP contribution in [0.25, 0.3) is 11.0 Å². The van der Waals surface area contributed by atoms with Gasteiger partial charge in [-0.05, 0) is 17.7 Å². The molecule has 0 bridgehead atoms. The molecule has 0 unspecified atom stereocenters. The van der Waals surface area contributed by atoms with Crippen LogP contribution in [0.2, 0.25) is 0 Å². The molecule has 0 saturated heterocycles. The standard InChI is InChI=1S/C19H20N4O2/c24-18(10-11-20-19(25)12-14-6-2-1-3-7-14)21-13-17-22-15-8-4-5-9-16(15)23-17/h1-9H,10-13H2,(H,20,25)(H,21,24)(H,22,23). The number of hydrogen-bond donors (Lipinski definition) is 3. The predicted octanol–water partition coefficient (Wildman–Crippen LogP) is 1.93. The van der Waals surface area contributed by atoms with Crippen molar-refractivity contribution in [3.05, 3.63) is 66.0 Å². The number of rotatable bonds is 7. The Morgan fingerprint density at radius 1 is 0.920 bits per heavy atom. The van der Waals surface area contributed by atoms with E-state index in [4.69, 9.17) is 0 Å². The fraction of sp³-hybridized carbons (Fsp3) is 0.211. The van der Waals surface area contributed by atoms with Crippen LogP contribution in [-0.4, -0.2) is 28.3 Å². The molecule has 6 nitrogen and oxygen atoms in total. The largest absolute Gasteiger partial charge is 0.355 e. The molecule has 3 N–H and O–H groups in total. The van der Waals surface area contributed by atoms with Crippen molar-refractivity contribution in [3.8, 4) is 0 Å². The lowest BCUT2D eigenvalue weighted by Crippen LogP contribution is -2.31. The molecular weight excluding hydrogens is 316 g/mol. The van der Waals surface area contributed by atoms with Crippen molar-refractivity contribution in [1.82, 2.24) is 20.6 Å². The monoisotopic (exact) mass is 336 g/mol. The fourth-order valence-corrected chi connectivity index (χ4v) is 2.52. The number of H-pyrrole nitrogens is 1. The second kappa shape index (κ2) is 8.10. The van der Waals surface area contributed by atoms with Crippen molar-refractivity contribution in [3.63, 3.8) is 0 Å². The summed E-state index contributed by atoms with van der Waals surface area (Å²) in [6, 6.07) is 17.2. The van der Waals surface area contributed by atoms with E-state index in [9.17, 15) is 9.59 Å². The van der Waals surface area contributed by atoms with Crippen LogP contribution in [0, 0.1) is 0 Å². The average molecular weight is 336 g/mol. The van der Waals surface area contributed by atoms with E-state index in [1.165, 1.54) is 0 Å². The Balaban J connectivity index is 1.37. The summed E-state index contributed by atoms with van der Waals surface area (Å²) in [6.45, 7) is 0.656. The lowest BCUT2D eigenvalue weighted by atomic mass is 10.1. The molecule has 0 aliphatic carbocycles. The van der Waals surface area contributed by atoms with Crippen molar-refractivity contribution in [2.75, 3.05) is 6.54 Å². The van der Waals surface area contributed by atoms with Gasteiger partial charge in [-0.1, -0.05) is 42.5 Å². The van der Waals surface area contributed by atoms with Gasteiger partial charge in [-0.25, -0.2) is 4.98 Å². The van der Waals surface area contributed by atoms with Crippen LogP contribution in [0.4, 0.5) is 0 Å². The average Bonchev–Trinajstić information content (AvgIpc) is 3.04. The molecule has 0 radical (unpaired) electrons. The summed E-state index contributed by atoms with van der Waals surface area (Å²) < 4.78 is 0. The Labute approximate surface area is 145 Å². The van der Waals surface area contributed by atoms with Crippen LogP contribution in [-0.2, 0) is 22.6 Å². The Bertz CT molecular complexity index is 825. The molecule has 1 aromatic heterocycles. The van der Waals surface area contributed by atoms with E-state index >= 15 is 0 Å². The molecule has 3 aromatic rings. The molecule has 6 heteroatoms. The number of imidazole rings is 1. The van der Waals surface area contributed by atoms with Gasteiger partial charge >= 0.3 is 0 Å². The van der Waals surface area contributed by atoms with Crippen LogP contribution >= 0.6 is 0 Å². The van der Waals surface area contributed by atoms with Gasteiger partial charge in [0.15, 0.2) is 0 Å². The SMILES string of the molecule is O=C(CCNC(=O)Cc1ccccc1)NCc1nc2ccccc2[nH]1. The van der Waals surface area contributed by atoms with E-state index in [1.54, 1.807) is 0 Å². The first kappa shape index (κ1) is 16.7. The fourth-order valence-electron chi connectivity index (χ4n) is 2.52. The molecule has 0 saturated carbocycles. The Morgan fingerprint density at radius 2 is 1.68 bits per heavy atom. The summed E-state index contributed by atoms with van der Waals surface area (Å²) in [7, 11) is 0. The highest BCUT2D eigenvalue weighted by molar-refractivity contribution is 5.80. The van der Waals surface area contributed by atoms with Crippen molar-refractivity contribution in [1.29, 1.82) is 0 Å². The zero-order valence-electron chi connectivity index (χ0n) is 13.8. The van der Waals surface area contributed by atoms with E-state index in [1.807, 2.05) is 54.6 Å². The molecule has 2 aromatic carbocycles. The minimum Gasteiger partial charge on any atom is -0.355 e. The number of nitrogens with one attached hydrogen (secondary N) is 3. The van der Waals surface area contributed by atoms with E-state index in [0.717, 1.165) is 16.6 Å². The first-order valence-corrected chi connectivity index (χ1v) is 8.21. The topological polar surface area (TPSA) is 86.9 Å². The van der Waals surface area contributed by atoms with E-state index in [0.29, 0.717) is 25.3 Å². The summed E-state index contributed by atoms with van der Waals surface area (Å²) in [4.78, 5) is 31.2. The summed E-state index contributed by atoms with van der Waals surface area (Å²) in [5.74, 6) is 0.499. The predicted molar refractivity (Wildman–Crippen MR) is 95.7 cm³/mol. The lowest BCUT2D eigenvalue weighted by molar-refractivity contribution is -0.122. The van der Waals surface area contributed by atoms with Crippen LogP contribution in [0.15, 0.2) is 54.6 Å². The van der Waals surface area contributed by atoms with Gasteiger partial charge in [0.2, 0.25) is 11.8 Å². The first-order chi connectivity index (χ1) is 12.2. The summed E-state index contributed by atoms with van der Waals surface area (Å²) in [5.41, 5.74) is 2.77. The third-order valence-electron chi connectivity index (χ3n) is 3.77. The first-order valence-electron chi connectivity index (χ1n) is 8.21. The second-order valence-electron chi connectivity index (χ2n) is 5.74. The highest BCUT2D eigenvalue weighted by Crippen LogP contribution is 2.09. The van der Waals surface area contributed by atoms with Crippen molar-refractivity contribution in [2.24, 2.45) is 0 Å². The molecule has 0 aliphatic rings. The van der Waals surface area contributed by atoms with Gasteiger partial charge in [-0.15, -0.1) is 0 Å². The maximum Gasteiger partial charge on any atom is 0.224 e. The highest BCUT2D eigenvalue weighted by Gasteiger charge is 2.07. The zero-order chi connectivity index (χ0) is 17.5. The molecule has 128 valence electrons. The van der Waals surface area contributed by atoms with Crippen molar-refractivity contribution >= 4 is 22.8 Å². The van der Waals surface area contributed by atoms with Crippen molar-refractivity contribution in [2.45, 2.75) is 19.4 Å². The summed E-state index contributed by atoms with van der Waals surface area (Å²) in [6.07, 6.45) is 0.558. The van der Waals surface area contributed by atoms with E-state index in [-0.39, 0.29) is 18.2 Å². The maximum absolute atomic E-state index is 11.9. The van der Waals surface area contributed by atoms with Crippen molar-refractivity contribution < 1.29 is 9.59 Å². The number of hydrogen-bond acceptors (Lipinski definition) is 3. The van der Waals surface area contributed by atoms with E-state index in [2.05, 4.69) is 20.6 Å². The molecule has 0 aliphatic heterocycles. The molecule has 0 fully saturated rings. The highest BCUT2D eigenvalue weighted by atomic mass is 16.2. The number of carbonyl (C=O) groups is 2. The number of aromatic nitrogens is 2. The van der Waals surface area contributed by atoms with Crippen LogP contribution in [0.3, 0.4) is 0 Å². The number of para-hydroxylation sites is 2. The van der Waals surface area contributed by atoms with Gasteiger partial charge in [0.1, 0.15) is 5.82 Å². The smallest absolute Gasteiger partial charge is 0.224 e. The van der Waals surface area contributed by atoms with E-state index < -0.39 is 0 Å². The van der Waals surface area contributed by atoms with Gasteiger partial charge < -0.3 is 15.6 Å². The number of nitrogens with zero attached hydrogens (tertiary/aromatic N) is 1. The number of fused-ring (bicyclic) bond motifs is 1. The molecule has 1 heterocycles. The lowest BCUT2D eigenvalue weighted by Gasteiger charge is -2.06. The molecule has 3 rings (SSSR count). The second-order valence-corrected chi connectivity index (χ2v) is 5.74. The molecule has 2 amide bonds. The number of carbonyl (C=O) groups excluding carboxylic acids is 2. The number of aromatic amines is 1. The minimum atomic E-state index is -0.125. The van der Waals surface area contributed by atoms with Gasteiger partial charge in [-0.2, -0.15) is 0 Å². The number of amides is 2. The Kier molecular flexibility index (Phi) is 5.41. The zero-order valence-corrected chi connectivity index (χ0v) is 13.8. The quantitative estimate of drug-likeness (QED) is 0.616. The molecule has 0 atom stereocenters. The van der Waals surface area contributed by atoms with Gasteiger partial charge in [0.25, 0.3) is 0 Å². The van der Waals surface area contributed by atoms with Gasteiger partial charge in [-0.3, -0.25) is 9.59 Å². The van der Waals surface area contributed by atoms with Gasteiger partial charge in [0.05, 0.1) is 24.0 Å². The minimum absolute atomic E-state index is 0.0868.